The molecule has 14 heteroatoms. The molecule has 1 aliphatic rings. The maximum atomic E-state index is 13.3. The van der Waals surface area contributed by atoms with E-state index in [1.54, 1.807) is 0 Å². The number of benzene rings is 2. The molecule has 2 N–H and O–H groups in total. The van der Waals surface area contributed by atoms with Gasteiger partial charge in [-0.05, 0) is 42.8 Å². The van der Waals surface area contributed by atoms with Crippen molar-refractivity contribution in [2.24, 2.45) is 0 Å². The molecule has 0 radical (unpaired) electrons. The molecule has 2 aromatic rings. The lowest BCUT2D eigenvalue weighted by atomic mass is 10.0. The van der Waals surface area contributed by atoms with E-state index in [4.69, 9.17) is 4.74 Å². The minimum absolute atomic E-state index is 0.0111. The van der Waals surface area contributed by atoms with Crippen LogP contribution >= 0.6 is 0 Å². The van der Waals surface area contributed by atoms with Gasteiger partial charge in [0.15, 0.2) is 0 Å². The van der Waals surface area contributed by atoms with Crippen LogP contribution in [0.3, 0.4) is 0 Å². The number of halogens is 6. The molecule has 0 bridgehead atoms. The lowest BCUT2D eigenvalue weighted by molar-refractivity contribution is -0.144. The highest BCUT2D eigenvalue weighted by atomic mass is 32.2. The summed E-state index contributed by atoms with van der Waals surface area (Å²) in [4.78, 5) is 11.1. The second kappa shape index (κ2) is 9.66. The van der Waals surface area contributed by atoms with Crippen molar-refractivity contribution in [2.75, 3.05) is 6.54 Å². The van der Waals surface area contributed by atoms with E-state index in [0.29, 0.717) is 12.1 Å². The number of piperidine rings is 1. The van der Waals surface area contributed by atoms with Crippen molar-refractivity contribution in [1.82, 2.24) is 4.31 Å². The van der Waals surface area contributed by atoms with Gasteiger partial charge < -0.3 is 14.9 Å². The Labute approximate surface area is 195 Å². The van der Waals surface area contributed by atoms with E-state index in [2.05, 4.69) is 0 Å². The monoisotopic (exact) mass is 527 g/mol. The van der Waals surface area contributed by atoms with Gasteiger partial charge in [-0.3, -0.25) is 4.79 Å². The fourth-order valence-corrected chi connectivity index (χ4v) is 5.19. The van der Waals surface area contributed by atoms with Crippen LogP contribution in [0.1, 0.15) is 29.5 Å². The zero-order valence-electron chi connectivity index (χ0n) is 17.7. The molecule has 0 aliphatic carbocycles. The molecular formula is C21H19F6NO6S. The predicted molar refractivity (Wildman–Crippen MR) is 108 cm³/mol. The molecule has 192 valence electrons. The summed E-state index contributed by atoms with van der Waals surface area (Å²) in [5.41, 5.74) is -3.54. The van der Waals surface area contributed by atoms with Crippen LogP contribution in [0.4, 0.5) is 26.3 Å². The Balaban J connectivity index is 1.79. The molecule has 1 aliphatic heterocycles. The lowest BCUT2D eigenvalue weighted by Gasteiger charge is -2.34. The topological polar surface area (TPSA) is 104 Å². The number of aliphatic hydroxyl groups excluding tert-OH is 1. The zero-order valence-corrected chi connectivity index (χ0v) is 18.5. The summed E-state index contributed by atoms with van der Waals surface area (Å²) < 4.78 is 110. The first-order valence-corrected chi connectivity index (χ1v) is 11.5. The van der Waals surface area contributed by atoms with E-state index < -0.39 is 63.8 Å². The van der Waals surface area contributed by atoms with E-state index in [1.807, 2.05) is 0 Å². The summed E-state index contributed by atoms with van der Waals surface area (Å²) in [6.45, 7) is -0.975. The second-order valence-corrected chi connectivity index (χ2v) is 9.67. The summed E-state index contributed by atoms with van der Waals surface area (Å²) in [5, 5.41) is 19.0. The smallest absolute Gasteiger partial charge is 0.416 e. The van der Waals surface area contributed by atoms with E-state index in [1.165, 1.54) is 0 Å². The molecular weight excluding hydrogens is 508 g/mol. The van der Waals surface area contributed by atoms with Crippen molar-refractivity contribution in [1.29, 1.82) is 0 Å². The number of aliphatic carboxylic acids is 1. The third-order valence-electron chi connectivity index (χ3n) is 5.38. The first-order chi connectivity index (χ1) is 16.1. The Bertz CT molecular complexity index is 1180. The molecule has 2 unspecified atom stereocenters. The van der Waals surface area contributed by atoms with E-state index in [9.17, 15) is 49.8 Å². The van der Waals surface area contributed by atoms with Crippen molar-refractivity contribution in [3.05, 3.63) is 59.2 Å². The van der Waals surface area contributed by atoms with Crippen molar-refractivity contribution in [2.45, 2.75) is 48.8 Å². The standard InChI is InChI=1S/C21H19F6NO6S/c22-20(23,24)13-2-1-12(17(9-13)21(25,26)27)11-34-15-3-5-16(6-4-15)35(32,33)28-8-7-14(29)10-18(28)19(30)31/h1-6,9,14,18,29H,7-8,10-11H2,(H,30,31). The highest BCUT2D eigenvalue weighted by Gasteiger charge is 2.41. The Kier molecular flexibility index (Phi) is 7.39. The quantitative estimate of drug-likeness (QED) is 0.553. The first-order valence-electron chi connectivity index (χ1n) is 10.0. The van der Waals surface area contributed by atoms with Gasteiger partial charge in [0.1, 0.15) is 18.4 Å². The van der Waals surface area contributed by atoms with E-state index in [0.717, 1.165) is 28.6 Å². The summed E-state index contributed by atoms with van der Waals surface area (Å²) in [5.74, 6) is -1.50. The molecule has 1 heterocycles. The number of ether oxygens (including phenoxy) is 1. The average Bonchev–Trinajstić information content (AvgIpc) is 2.76. The number of hydrogen-bond acceptors (Lipinski definition) is 5. The zero-order chi connectivity index (χ0) is 26.2. The summed E-state index contributed by atoms with van der Waals surface area (Å²) in [7, 11) is -4.28. The van der Waals surface area contributed by atoms with Crippen LogP contribution in [0.2, 0.25) is 0 Å². The minimum Gasteiger partial charge on any atom is -0.489 e. The number of sulfonamides is 1. The van der Waals surface area contributed by atoms with Crippen LogP contribution in [0, 0.1) is 0 Å². The Hall–Kier alpha value is -2.84. The molecule has 0 amide bonds. The molecule has 7 nitrogen and oxygen atoms in total. The summed E-state index contributed by atoms with van der Waals surface area (Å²) in [6, 6.07) is 4.04. The molecule has 2 atom stereocenters. The van der Waals surface area contributed by atoms with Crippen LogP contribution in [-0.4, -0.2) is 47.6 Å². The Morgan fingerprint density at radius 1 is 1.03 bits per heavy atom. The molecule has 0 spiro atoms. The minimum atomic E-state index is -5.07. The molecule has 0 saturated carbocycles. The van der Waals surface area contributed by atoms with Gasteiger partial charge in [0.25, 0.3) is 0 Å². The normalized spacial score (nSPS) is 20.0. The van der Waals surface area contributed by atoms with Gasteiger partial charge in [-0.1, -0.05) is 6.07 Å². The van der Waals surface area contributed by atoms with Gasteiger partial charge in [0.2, 0.25) is 10.0 Å². The van der Waals surface area contributed by atoms with E-state index >= 15 is 0 Å². The molecule has 0 aromatic heterocycles. The van der Waals surface area contributed by atoms with Gasteiger partial charge in [-0.15, -0.1) is 0 Å². The lowest BCUT2D eigenvalue weighted by Crippen LogP contribution is -2.51. The van der Waals surface area contributed by atoms with Gasteiger partial charge >= 0.3 is 18.3 Å². The van der Waals surface area contributed by atoms with Crippen LogP contribution in [0.15, 0.2) is 47.4 Å². The summed E-state index contributed by atoms with van der Waals surface area (Å²) >= 11 is 0. The number of aliphatic hydroxyl groups is 1. The van der Waals surface area contributed by atoms with Crippen molar-refractivity contribution >= 4 is 16.0 Å². The van der Waals surface area contributed by atoms with Gasteiger partial charge in [0.05, 0.1) is 22.1 Å². The SMILES string of the molecule is O=C(O)C1CC(O)CCN1S(=O)(=O)c1ccc(OCc2ccc(C(F)(F)F)cc2C(F)(F)F)cc1. The predicted octanol–water partition coefficient (Wildman–Crippen LogP) is 3.90. The second-order valence-electron chi connectivity index (χ2n) is 7.78. The third-order valence-corrected chi connectivity index (χ3v) is 7.30. The number of hydrogen-bond donors (Lipinski definition) is 2. The first kappa shape index (κ1) is 26.8. The highest BCUT2D eigenvalue weighted by molar-refractivity contribution is 7.89. The molecule has 1 saturated heterocycles. The maximum Gasteiger partial charge on any atom is 0.416 e. The van der Waals surface area contributed by atoms with Crippen molar-refractivity contribution in [3.63, 3.8) is 0 Å². The molecule has 35 heavy (non-hydrogen) atoms. The number of carboxylic acid groups (broad SMARTS) is 1. The Morgan fingerprint density at radius 2 is 1.66 bits per heavy atom. The molecule has 2 aromatic carbocycles. The fraction of sp³-hybridized carbons (Fsp3) is 0.381. The highest BCUT2D eigenvalue weighted by Crippen LogP contribution is 2.37. The third kappa shape index (κ3) is 6.05. The average molecular weight is 527 g/mol. The fourth-order valence-electron chi connectivity index (χ4n) is 3.58. The van der Waals surface area contributed by atoms with E-state index in [-0.39, 0.29) is 36.1 Å². The number of carbonyl (C=O) groups is 1. The van der Waals surface area contributed by atoms with Gasteiger partial charge in [-0.2, -0.15) is 30.6 Å². The van der Waals surface area contributed by atoms with Crippen LogP contribution in [0.5, 0.6) is 5.75 Å². The van der Waals surface area contributed by atoms with Gasteiger partial charge in [-0.25, -0.2) is 8.42 Å². The maximum absolute atomic E-state index is 13.3. The number of rotatable bonds is 6. The number of carboxylic acids is 1. The largest absolute Gasteiger partial charge is 0.489 e. The molecule has 1 fully saturated rings. The van der Waals surface area contributed by atoms with Crippen molar-refractivity contribution in [3.8, 4) is 5.75 Å². The number of nitrogens with zero attached hydrogens (tertiary/aromatic N) is 1. The summed E-state index contributed by atoms with van der Waals surface area (Å²) in [6.07, 6.45) is -11.2. The Morgan fingerprint density at radius 3 is 2.20 bits per heavy atom. The van der Waals surface area contributed by atoms with Crippen molar-refractivity contribution < 1.29 is 54.5 Å². The number of alkyl halides is 6. The van der Waals surface area contributed by atoms with Crippen LogP contribution in [0.25, 0.3) is 0 Å². The molecule has 3 rings (SSSR count). The van der Waals surface area contributed by atoms with Gasteiger partial charge in [0, 0.05) is 18.5 Å². The van der Waals surface area contributed by atoms with Crippen LogP contribution in [-0.2, 0) is 33.8 Å². The van der Waals surface area contributed by atoms with Crippen LogP contribution < -0.4 is 4.74 Å².